The van der Waals surface area contributed by atoms with E-state index in [1.54, 1.807) is 6.07 Å². The lowest BCUT2D eigenvalue weighted by Gasteiger charge is -2.14. The van der Waals surface area contributed by atoms with Crippen molar-refractivity contribution in [3.63, 3.8) is 0 Å². The van der Waals surface area contributed by atoms with Crippen LogP contribution in [0.15, 0.2) is 24.3 Å². The normalized spacial score (nSPS) is 10.6. The molecule has 0 aliphatic rings. The van der Waals surface area contributed by atoms with Crippen LogP contribution >= 0.6 is 0 Å². The molecule has 0 atom stereocenters. The molecule has 0 heterocycles. The van der Waals surface area contributed by atoms with Gasteiger partial charge in [-0.05, 0) is 49.6 Å². The zero-order valence-electron chi connectivity index (χ0n) is 10.7. The van der Waals surface area contributed by atoms with E-state index < -0.39 is 0 Å². The monoisotopic (exact) mass is 244 g/mol. The average Bonchev–Trinajstić information content (AvgIpc) is 2.29. The molecular weight excluding hydrogens is 228 g/mol. The van der Waals surface area contributed by atoms with E-state index in [0.29, 0.717) is 11.1 Å². The smallest absolute Gasteiger partial charge is 0.127 e. The standard InChI is InChI=1S/C15H16O3/c1-8-6-9(2)14(15(18)10(8)3)12-5-4-11(16)7-13(12)17/h4-7,16-18H,1-3H3. The number of aryl methyl sites for hydroxylation is 2. The van der Waals surface area contributed by atoms with E-state index in [4.69, 9.17) is 0 Å². The Morgan fingerprint density at radius 3 is 2.11 bits per heavy atom. The molecular formula is C15H16O3. The SMILES string of the molecule is Cc1cc(C)c(-c2ccc(O)cc2O)c(O)c1C. The molecule has 0 radical (unpaired) electrons. The lowest BCUT2D eigenvalue weighted by molar-refractivity contribution is 0.449. The van der Waals surface area contributed by atoms with Gasteiger partial charge < -0.3 is 15.3 Å². The van der Waals surface area contributed by atoms with Crippen molar-refractivity contribution in [1.29, 1.82) is 0 Å². The van der Waals surface area contributed by atoms with Crippen molar-refractivity contribution >= 4 is 0 Å². The van der Waals surface area contributed by atoms with E-state index in [1.165, 1.54) is 12.1 Å². The van der Waals surface area contributed by atoms with Crippen molar-refractivity contribution in [1.82, 2.24) is 0 Å². The molecule has 3 N–H and O–H groups in total. The van der Waals surface area contributed by atoms with Gasteiger partial charge in [0.25, 0.3) is 0 Å². The lowest BCUT2D eigenvalue weighted by atomic mass is 9.93. The molecule has 0 unspecified atom stereocenters. The minimum absolute atomic E-state index is 0.00257. The second-order valence-corrected chi connectivity index (χ2v) is 4.56. The van der Waals surface area contributed by atoms with Gasteiger partial charge in [-0.15, -0.1) is 0 Å². The van der Waals surface area contributed by atoms with Crippen LogP contribution in [0.25, 0.3) is 11.1 Å². The van der Waals surface area contributed by atoms with Crippen LogP contribution in [-0.2, 0) is 0 Å². The van der Waals surface area contributed by atoms with Crippen LogP contribution in [-0.4, -0.2) is 15.3 Å². The number of benzene rings is 2. The summed E-state index contributed by atoms with van der Waals surface area (Å²) >= 11 is 0. The third-order valence-corrected chi connectivity index (χ3v) is 3.26. The number of rotatable bonds is 1. The summed E-state index contributed by atoms with van der Waals surface area (Å²) in [6, 6.07) is 6.32. The third kappa shape index (κ3) is 1.88. The molecule has 0 saturated carbocycles. The summed E-state index contributed by atoms with van der Waals surface area (Å²) in [5.41, 5.74) is 3.81. The van der Waals surface area contributed by atoms with Gasteiger partial charge >= 0.3 is 0 Å². The quantitative estimate of drug-likeness (QED) is 0.720. The van der Waals surface area contributed by atoms with Gasteiger partial charge in [-0.3, -0.25) is 0 Å². The minimum Gasteiger partial charge on any atom is -0.508 e. The van der Waals surface area contributed by atoms with Crippen molar-refractivity contribution in [3.05, 3.63) is 41.0 Å². The van der Waals surface area contributed by atoms with Crippen LogP contribution < -0.4 is 0 Å². The summed E-state index contributed by atoms with van der Waals surface area (Å²) in [5.74, 6) is 0.127. The van der Waals surface area contributed by atoms with Gasteiger partial charge in [-0.1, -0.05) is 6.07 Å². The molecule has 0 bridgehead atoms. The zero-order valence-corrected chi connectivity index (χ0v) is 10.7. The van der Waals surface area contributed by atoms with Gasteiger partial charge in [0, 0.05) is 17.2 Å². The molecule has 0 spiro atoms. The van der Waals surface area contributed by atoms with Crippen molar-refractivity contribution in [2.75, 3.05) is 0 Å². The maximum absolute atomic E-state index is 10.2. The van der Waals surface area contributed by atoms with Gasteiger partial charge in [-0.25, -0.2) is 0 Å². The van der Waals surface area contributed by atoms with Crippen molar-refractivity contribution < 1.29 is 15.3 Å². The molecule has 0 aliphatic heterocycles. The molecule has 2 aromatic carbocycles. The molecule has 3 heteroatoms. The molecule has 3 nitrogen and oxygen atoms in total. The topological polar surface area (TPSA) is 60.7 Å². The summed E-state index contributed by atoms with van der Waals surface area (Å²) < 4.78 is 0. The van der Waals surface area contributed by atoms with E-state index in [0.717, 1.165) is 16.7 Å². The number of hydrogen-bond acceptors (Lipinski definition) is 3. The predicted molar refractivity (Wildman–Crippen MR) is 71.1 cm³/mol. The lowest BCUT2D eigenvalue weighted by Crippen LogP contribution is -1.91. The van der Waals surface area contributed by atoms with Crippen LogP contribution in [0.2, 0.25) is 0 Å². The first-order valence-corrected chi connectivity index (χ1v) is 5.74. The minimum atomic E-state index is -0.0448. The molecule has 0 amide bonds. The second kappa shape index (κ2) is 4.26. The molecule has 18 heavy (non-hydrogen) atoms. The highest BCUT2D eigenvalue weighted by atomic mass is 16.3. The number of hydrogen-bond donors (Lipinski definition) is 3. The molecule has 2 rings (SSSR count). The van der Waals surface area contributed by atoms with Crippen molar-refractivity contribution in [3.8, 4) is 28.4 Å². The van der Waals surface area contributed by atoms with E-state index in [-0.39, 0.29) is 17.2 Å². The summed E-state index contributed by atoms with van der Waals surface area (Å²) in [6.07, 6.45) is 0. The van der Waals surface area contributed by atoms with E-state index in [1.807, 2.05) is 26.8 Å². The summed E-state index contributed by atoms with van der Waals surface area (Å²) in [7, 11) is 0. The van der Waals surface area contributed by atoms with Crippen molar-refractivity contribution in [2.24, 2.45) is 0 Å². The summed E-state index contributed by atoms with van der Waals surface area (Å²) in [4.78, 5) is 0. The fourth-order valence-corrected chi connectivity index (χ4v) is 2.14. The van der Waals surface area contributed by atoms with Crippen LogP contribution in [0.3, 0.4) is 0 Å². The first kappa shape index (κ1) is 12.3. The highest BCUT2D eigenvalue weighted by molar-refractivity contribution is 5.80. The zero-order chi connectivity index (χ0) is 13.4. The number of phenolic OH excluding ortho intramolecular Hbond substituents is 3. The van der Waals surface area contributed by atoms with Crippen molar-refractivity contribution in [2.45, 2.75) is 20.8 Å². The first-order valence-electron chi connectivity index (χ1n) is 5.74. The molecule has 2 aromatic rings. The highest BCUT2D eigenvalue weighted by Gasteiger charge is 2.15. The van der Waals surface area contributed by atoms with E-state index >= 15 is 0 Å². The number of phenols is 3. The van der Waals surface area contributed by atoms with Crippen LogP contribution in [0.4, 0.5) is 0 Å². The van der Waals surface area contributed by atoms with Gasteiger partial charge in [-0.2, -0.15) is 0 Å². The average molecular weight is 244 g/mol. The van der Waals surface area contributed by atoms with Crippen LogP contribution in [0.5, 0.6) is 17.2 Å². The summed E-state index contributed by atoms with van der Waals surface area (Å²) in [6.45, 7) is 5.65. The fraction of sp³-hybridized carbons (Fsp3) is 0.200. The predicted octanol–water partition coefficient (Wildman–Crippen LogP) is 3.40. The number of aromatic hydroxyl groups is 3. The van der Waals surface area contributed by atoms with Crippen LogP contribution in [0.1, 0.15) is 16.7 Å². The Labute approximate surface area is 106 Å². The van der Waals surface area contributed by atoms with Crippen LogP contribution in [0, 0.1) is 20.8 Å². The third-order valence-electron chi connectivity index (χ3n) is 3.26. The van der Waals surface area contributed by atoms with E-state index in [9.17, 15) is 15.3 Å². The van der Waals surface area contributed by atoms with Gasteiger partial charge in [0.05, 0.1) is 0 Å². The largest absolute Gasteiger partial charge is 0.508 e. The molecule has 0 fully saturated rings. The first-order chi connectivity index (χ1) is 8.41. The Kier molecular flexibility index (Phi) is 2.91. The van der Waals surface area contributed by atoms with Gasteiger partial charge in [0.2, 0.25) is 0 Å². The summed E-state index contributed by atoms with van der Waals surface area (Å²) in [5, 5.41) is 29.4. The Hall–Kier alpha value is -2.16. The Bertz CT molecular complexity index is 616. The maximum atomic E-state index is 10.2. The van der Waals surface area contributed by atoms with E-state index in [2.05, 4.69) is 0 Å². The molecule has 94 valence electrons. The Morgan fingerprint density at radius 1 is 0.833 bits per heavy atom. The Balaban J connectivity index is 2.75. The second-order valence-electron chi connectivity index (χ2n) is 4.56. The highest BCUT2D eigenvalue weighted by Crippen LogP contribution is 2.41. The maximum Gasteiger partial charge on any atom is 0.127 e. The molecule has 0 aliphatic carbocycles. The van der Waals surface area contributed by atoms with Gasteiger partial charge in [0.15, 0.2) is 0 Å². The molecule has 0 saturated heterocycles. The molecule has 0 aromatic heterocycles. The fourth-order valence-electron chi connectivity index (χ4n) is 2.14. The van der Waals surface area contributed by atoms with Gasteiger partial charge in [0.1, 0.15) is 17.2 Å². The Morgan fingerprint density at radius 2 is 1.50 bits per heavy atom.